The molecule has 6 heteroatoms. The van der Waals surface area contributed by atoms with Gasteiger partial charge in [0.1, 0.15) is 11.6 Å². The van der Waals surface area contributed by atoms with Gasteiger partial charge in [-0.05, 0) is 23.5 Å². The average molecular weight is 279 g/mol. The molecule has 0 aliphatic carbocycles. The molecule has 1 aromatic carbocycles. The molecule has 0 spiro atoms. The second kappa shape index (κ2) is 8.25. The van der Waals surface area contributed by atoms with E-state index in [1.54, 1.807) is 7.11 Å². The van der Waals surface area contributed by atoms with Crippen LogP contribution in [-0.2, 0) is 14.9 Å². The monoisotopic (exact) mass is 279 g/mol. The Kier molecular flexibility index (Phi) is 7.83. The van der Waals surface area contributed by atoms with Crippen molar-refractivity contribution in [3.63, 3.8) is 0 Å². The first kappa shape index (κ1) is 17.1. The van der Waals surface area contributed by atoms with E-state index in [-0.39, 0.29) is 0 Å². The maximum atomic E-state index is 13.6. The molecule has 0 fully saturated rings. The molecule has 102 valence electrons. The Morgan fingerprint density at radius 2 is 1.83 bits per heavy atom. The van der Waals surface area contributed by atoms with E-state index in [9.17, 15) is 8.78 Å². The van der Waals surface area contributed by atoms with Crippen LogP contribution in [0.4, 0.5) is 8.78 Å². The van der Waals surface area contributed by atoms with Crippen molar-refractivity contribution in [2.24, 2.45) is 0 Å². The van der Waals surface area contributed by atoms with Gasteiger partial charge >= 0.3 is 8.69 Å². The van der Waals surface area contributed by atoms with E-state index < -0.39 is 25.9 Å². The highest BCUT2D eigenvalue weighted by molar-refractivity contribution is 7.16. The lowest BCUT2D eigenvalue weighted by Crippen LogP contribution is -2.28. The van der Waals surface area contributed by atoms with Crippen molar-refractivity contribution in [2.45, 2.75) is 32.3 Å². The van der Waals surface area contributed by atoms with Crippen LogP contribution in [0.2, 0.25) is 0 Å². The summed E-state index contributed by atoms with van der Waals surface area (Å²) in [6.45, 7) is 3.85. The maximum absolute atomic E-state index is 13.6. The molecule has 1 atom stereocenters. The van der Waals surface area contributed by atoms with Gasteiger partial charge in [-0.25, -0.2) is 8.78 Å². The molecule has 3 nitrogen and oxygen atoms in total. The topological polar surface area (TPSA) is 46.5 Å². The first-order chi connectivity index (χ1) is 8.51. The highest BCUT2D eigenvalue weighted by Crippen LogP contribution is 2.34. The minimum Gasteiger partial charge on any atom is -0.373 e. The van der Waals surface area contributed by atoms with E-state index >= 15 is 0 Å². The summed E-state index contributed by atoms with van der Waals surface area (Å²) in [5, 5.41) is 0. The van der Waals surface area contributed by atoms with Crippen molar-refractivity contribution in [1.82, 2.24) is 0 Å². The zero-order chi connectivity index (χ0) is 14.2. The standard InChI is InChI=1S/C12H16F2O.HO2P/c1-4-12(5-2,15-3)10-7-6-9(13)8-11(10)14;1-3-2/h6-8H,4-5H2,1-3H3;3H/p+1. The summed E-state index contributed by atoms with van der Waals surface area (Å²) >= 11 is 0. The smallest absolute Gasteiger partial charge is 0.373 e. The van der Waals surface area contributed by atoms with Crippen LogP contribution in [0.5, 0.6) is 0 Å². The second-order valence-electron chi connectivity index (χ2n) is 3.62. The number of benzene rings is 1. The SMILES string of the molecule is CCC(CC)(OC)c1ccc(F)cc1F.O=[PH+]O. The number of rotatable bonds is 4. The van der Waals surface area contributed by atoms with Crippen LogP contribution in [0.15, 0.2) is 18.2 Å². The normalized spacial score (nSPS) is 11.0. The van der Waals surface area contributed by atoms with Crippen molar-refractivity contribution in [1.29, 1.82) is 0 Å². The minimum atomic E-state index is -1.17. The second-order valence-corrected chi connectivity index (χ2v) is 3.80. The van der Waals surface area contributed by atoms with Gasteiger partial charge < -0.3 is 4.74 Å². The van der Waals surface area contributed by atoms with E-state index in [1.807, 2.05) is 13.8 Å². The fourth-order valence-electron chi connectivity index (χ4n) is 1.89. The highest BCUT2D eigenvalue weighted by Gasteiger charge is 2.30. The summed E-state index contributed by atoms with van der Waals surface area (Å²) in [5.74, 6) is -1.10. The quantitative estimate of drug-likeness (QED) is 0.857. The predicted molar refractivity (Wildman–Crippen MR) is 66.8 cm³/mol. The Morgan fingerprint density at radius 1 is 1.33 bits per heavy atom. The molecule has 0 aliphatic heterocycles. The van der Waals surface area contributed by atoms with Crippen LogP contribution in [0.25, 0.3) is 0 Å². The molecular formula is C12H18F2O3P+. The number of hydrogen-bond acceptors (Lipinski definition) is 2. The van der Waals surface area contributed by atoms with Gasteiger partial charge in [0.25, 0.3) is 0 Å². The average Bonchev–Trinajstić information content (AvgIpc) is 2.35. The van der Waals surface area contributed by atoms with Crippen LogP contribution < -0.4 is 0 Å². The molecule has 0 aromatic heterocycles. The van der Waals surface area contributed by atoms with E-state index in [0.717, 1.165) is 6.07 Å². The summed E-state index contributed by atoms with van der Waals surface area (Å²) in [6.07, 6.45) is 1.31. The Hall–Kier alpha value is -0.900. The molecule has 1 unspecified atom stereocenters. The van der Waals surface area contributed by atoms with Gasteiger partial charge in [0.05, 0.1) is 5.60 Å². The summed E-state index contributed by atoms with van der Waals surface area (Å²) in [5.41, 5.74) is -0.214. The molecule has 1 N–H and O–H groups in total. The molecule has 0 amide bonds. The molecule has 0 heterocycles. The van der Waals surface area contributed by atoms with Crippen LogP contribution >= 0.6 is 8.69 Å². The van der Waals surface area contributed by atoms with Crippen LogP contribution in [0.3, 0.4) is 0 Å². The Balaban J connectivity index is 0.000000873. The van der Waals surface area contributed by atoms with Crippen molar-refractivity contribution >= 4 is 8.69 Å². The third-order valence-electron chi connectivity index (χ3n) is 2.95. The first-order valence-electron chi connectivity index (χ1n) is 5.53. The number of halogens is 2. The molecule has 1 aromatic rings. The van der Waals surface area contributed by atoms with Crippen LogP contribution in [-0.4, -0.2) is 12.0 Å². The zero-order valence-electron chi connectivity index (χ0n) is 10.7. The number of methoxy groups -OCH3 is 1. The molecule has 18 heavy (non-hydrogen) atoms. The van der Waals surface area contributed by atoms with Gasteiger partial charge in [0.15, 0.2) is 0 Å². The first-order valence-corrected chi connectivity index (χ1v) is 6.38. The van der Waals surface area contributed by atoms with Crippen molar-refractivity contribution in [3.05, 3.63) is 35.4 Å². The molecule has 0 saturated carbocycles. The molecule has 1 rings (SSSR count). The summed E-state index contributed by atoms with van der Waals surface area (Å²) in [4.78, 5) is 7.04. The third kappa shape index (κ3) is 4.09. The summed E-state index contributed by atoms with van der Waals surface area (Å²) in [7, 11) is 0.385. The Labute approximate surface area is 107 Å². The highest BCUT2D eigenvalue weighted by atomic mass is 31.1. The zero-order valence-corrected chi connectivity index (χ0v) is 11.7. The third-order valence-corrected chi connectivity index (χ3v) is 2.95. The summed E-state index contributed by atoms with van der Waals surface area (Å²) in [6, 6.07) is 3.62. The Bertz CT molecular complexity index is 373. The lowest BCUT2D eigenvalue weighted by molar-refractivity contribution is -0.0245. The maximum Gasteiger partial charge on any atom is 0.491 e. The van der Waals surface area contributed by atoms with Gasteiger partial charge in [-0.1, -0.05) is 19.9 Å². The molecular weight excluding hydrogens is 261 g/mol. The Morgan fingerprint density at radius 3 is 2.17 bits per heavy atom. The van der Waals surface area contributed by atoms with Crippen LogP contribution in [0.1, 0.15) is 32.3 Å². The van der Waals surface area contributed by atoms with E-state index in [2.05, 4.69) is 0 Å². The van der Waals surface area contributed by atoms with Gasteiger partial charge in [-0.3, -0.25) is 0 Å². The van der Waals surface area contributed by atoms with Crippen molar-refractivity contribution in [3.8, 4) is 0 Å². The largest absolute Gasteiger partial charge is 0.491 e. The van der Waals surface area contributed by atoms with Crippen molar-refractivity contribution in [2.75, 3.05) is 7.11 Å². The van der Waals surface area contributed by atoms with Crippen molar-refractivity contribution < 1.29 is 23.0 Å². The molecule has 0 radical (unpaired) electrons. The van der Waals surface area contributed by atoms with E-state index in [4.69, 9.17) is 14.2 Å². The van der Waals surface area contributed by atoms with Crippen LogP contribution in [0, 0.1) is 11.6 Å². The van der Waals surface area contributed by atoms with Gasteiger partial charge in [-0.15, -0.1) is 0 Å². The molecule has 0 saturated heterocycles. The van der Waals surface area contributed by atoms with E-state index in [1.165, 1.54) is 12.1 Å². The van der Waals surface area contributed by atoms with Gasteiger partial charge in [0, 0.05) is 18.7 Å². The number of hydrogen-bond donors (Lipinski definition) is 1. The summed E-state index contributed by atoms with van der Waals surface area (Å²) < 4.78 is 40.2. The number of ether oxygens (including phenoxy) is 1. The fraction of sp³-hybridized carbons (Fsp3) is 0.500. The predicted octanol–water partition coefficient (Wildman–Crippen LogP) is 3.54. The molecule has 0 bridgehead atoms. The van der Waals surface area contributed by atoms with Gasteiger partial charge in [-0.2, -0.15) is 4.89 Å². The van der Waals surface area contributed by atoms with E-state index in [0.29, 0.717) is 18.4 Å². The lowest BCUT2D eigenvalue weighted by Gasteiger charge is -2.31. The minimum absolute atomic E-state index is 0.427. The van der Waals surface area contributed by atoms with Gasteiger partial charge in [0.2, 0.25) is 0 Å². The lowest BCUT2D eigenvalue weighted by atomic mass is 9.88. The molecule has 0 aliphatic rings. The fourth-order valence-corrected chi connectivity index (χ4v) is 1.89.